The van der Waals surface area contributed by atoms with Crippen molar-refractivity contribution in [2.75, 3.05) is 13.1 Å². The van der Waals surface area contributed by atoms with Crippen LogP contribution in [0.25, 0.3) is 0 Å². The molecule has 1 aliphatic heterocycles. The highest BCUT2D eigenvalue weighted by atomic mass is 32.2. The van der Waals surface area contributed by atoms with Crippen LogP contribution in [0.1, 0.15) is 53.6 Å². The number of hydrogen-bond donors (Lipinski definition) is 1. The molecule has 0 unspecified atom stereocenters. The molecule has 0 bridgehead atoms. The van der Waals surface area contributed by atoms with E-state index in [0.717, 1.165) is 16.7 Å². The lowest BCUT2D eigenvalue weighted by Gasteiger charge is -2.31. The van der Waals surface area contributed by atoms with Crippen molar-refractivity contribution in [3.05, 3.63) is 70.3 Å². The maximum atomic E-state index is 12.8. The Morgan fingerprint density at radius 2 is 1.73 bits per heavy atom. The van der Waals surface area contributed by atoms with E-state index >= 15 is 0 Å². The molecule has 1 atom stereocenters. The van der Waals surface area contributed by atoms with E-state index in [1.165, 1.54) is 15.4 Å². The molecule has 3 rings (SSSR count). The van der Waals surface area contributed by atoms with Crippen LogP contribution >= 0.6 is 0 Å². The average molecular weight is 429 g/mol. The van der Waals surface area contributed by atoms with Gasteiger partial charge in [0.2, 0.25) is 15.9 Å². The summed E-state index contributed by atoms with van der Waals surface area (Å²) in [6.45, 7) is 8.83. The molecule has 1 amide bonds. The van der Waals surface area contributed by atoms with Crippen LogP contribution in [0, 0.1) is 26.7 Å². The first-order valence-electron chi connectivity index (χ1n) is 10.6. The van der Waals surface area contributed by atoms with Crippen LogP contribution in [0.15, 0.2) is 42.5 Å². The number of carbonyl (C=O) groups is 1. The summed E-state index contributed by atoms with van der Waals surface area (Å²) >= 11 is 0. The van der Waals surface area contributed by atoms with Crippen LogP contribution in [0.5, 0.6) is 0 Å². The molecule has 0 radical (unpaired) electrons. The fourth-order valence-electron chi connectivity index (χ4n) is 4.18. The molecule has 0 aliphatic carbocycles. The van der Waals surface area contributed by atoms with Crippen molar-refractivity contribution in [1.29, 1.82) is 0 Å². The van der Waals surface area contributed by atoms with Crippen LogP contribution in [0.4, 0.5) is 0 Å². The highest BCUT2D eigenvalue weighted by molar-refractivity contribution is 7.88. The number of piperidine rings is 1. The normalized spacial score (nSPS) is 16.9. The zero-order chi connectivity index (χ0) is 21.9. The summed E-state index contributed by atoms with van der Waals surface area (Å²) in [5, 5.41) is 3.12. The molecule has 2 aromatic carbocycles. The standard InChI is InChI=1S/C24H32N2O3S/c1-17-9-10-23(19(3)15-17)20(4)25-24(27)21-11-13-26(14-12-21)30(28,29)16-22-8-6-5-7-18(22)2/h5-10,15,20-21H,11-14,16H2,1-4H3,(H,25,27)/t20-/m1/s1. The Kier molecular flexibility index (Phi) is 6.98. The van der Waals surface area contributed by atoms with Crippen molar-refractivity contribution in [2.45, 2.75) is 52.3 Å². The summed E-state index contributed by atoms with van der Waals surface area (Å²) < 4.78 is 27.2. The first-order chi connectivity index (χ1) is 14.2. The van der Waals surface area contributed by atoms with Gasteiger partial charge in [0.15, 0.2) is 0 Å². The maximum absolute atomic E-state index is 12.8. The number of sulfonamides is 1. The van der Waals surface area contributed by atoms with Crippen LogP contribution in [-0.2, 0) is 20.6 Å². The van der Waals surface area contributed by atoms with E-state index in [4.69, 9.17) is 0 Å². The fourth-order valence-corrected chi connectivity index (χ4v) is 5.84. The van der Waals surface area contributed by atoms with E-state index in [1.54, 1.807) is 0 Å². The SMILES string of the molecule is Cc1ccc([C@@H](C)NC(=O)C2CCN(S(=O)(=O)Cc3ccccc3C)CC2)c(C)c1. The predicted octanol–water partition coefficient (Wildman–Crippen LogP) is 4.03. The van der Waals surface area contributed by atoms with Gasteiger partial charge in [-0.3, -0.25) is 4.79 Å². The number of carbonyl (C=O) groups excluding carboxylic acids is 1. The number of rotatable bonds is 6. The van der Waals surface area contributed by atoms with Crippen molar-refractivity contribution < 1.29 is 13.2 Å². The minimum Gasteiger partial charge on any atom is -0.349 e. The number of amides is 1. The summed E-state index contributed by atoms with van der Waals surface area (Å²) in [7, 11) is -3.38. The highest BCUT2D eigenvalue weighted by Crippen LogP contribution is 2.24. The van der Waals surface area contributed by atoms with Gasteiger partial charge in [0, 0.05) is 19.0 Å². The summed E-state index contributed by atoms with van der Waals surface area (Å²) in [5.41, 5.74) is 5.30. The van der Waals surface area contributed by atoms with Gasteiger partial charge in [-0.05, 0) is 62.8 Å². The Morgan fingerprint density at radius 3 is 2.37 bits per heavy atom. The number of aryl methyl sites for hydroxylation is 3. The zero-order valence-electron chi connectivity index (χ0n) is 18.3. The first-order valence-corrected chi connectivity index (χ1v) is 12.2. The smallest absolute Gasteiger partial charge is 0.223 e. The molecule has 30 heavy (non-hydrogen) atoms. The maximum Gasteiger partial charge on any atom is 0.223 e. The van der Waals surface area contributed by atoms with Crippen LogP contribution in [0.3, 0.4) is 0 Å². The molecule has 0 saturated carbocycles. The van der Waals surface area contributed by atoms with E-state index in [-0.39, 0.29) is 23.6 Å². The van der Waals surface area contributed by atoms with Gasteiger partial charge in [-0.15, -0.1) is 0 Å². The van der Waals surface area contributed by atoms with Gasteiger partial charge in [0.25, 0.3) is 0 Å². The molecule has 0 spiro atoms. The van der Waals surface area contributed by atoms with Gasteiger partial charge in [-0.2, -0.15) is 0 Å². The van der Waals surface area contributed by atoms with Crippen LogP contribution in [0.2, 0.25) is 0 Å². The van der Waals surface area contributed by atoms with Crippen LogP contribution in [-0.4, -0.2) is 31.7 Å². The van der Waals surface area contributed by atoms with Gasteiger partial charge < -0.3 is 5.32 Å². The third-order valence-corrected chi connectivity index (χ3v) is 7.90. The molecule has 0 aromatic heterocycles. The van der Waals surface area contributed by atoms with Crippen molar-refractivity contribution in [3.63, 3.8) is 0 Å². The van der Waals surface area contributed by atoms with Crippen molar-refractivity contribution in [3.8, 4) is 0 Å². The fraction of sp³-hybridized carbons (Fsp3) is 0.458. The second-order valence-electron chi connectivity index (χ2n) is 8.45. The predicted molar refractivity (Wildman–Crippen MR) is 121 cm³/mol. The van der Waals surface area contributed by atoms with E-state index < -0.39 is 10.0 Å². The first kappa shape index (κ1) is 22.5. The molecule has 1 N–H and O–H groups in total. The molecule has 1 saturated heterocycles. The number of hydrogen-bond acceptors (Lipinski definition) is 3. The summed E-state index contributed by atoms with van der Waals surface area (Å²) in [6, 6.07) is 13.7. The minimum absolute atomic E-state index is 0.0124. The van der Waals surface area contributed by atoms with Gasteiger partial charge in [-0.25, -0.2) is 12.7 Å². The Morgan fingerprint density at radius 1 is 1.07 bits per heavy atom. The third-order valence-electron chi connectivity index (χ3n) is 6.07. The number of nitrogens with zero attached hydrogens (tertiary/aromatic N) is 1. The highest BCUT2D eigenvalue weighted by Gasteiger charge is 2.31. The van der Waals surface area contributed by atoms with Gasteiger partial charge in [0.05, 0.1) is 11.8 Å². The molecule has 1 fully saturated rings. The Balaban J connectivity index is 1.56. The zero-order valence-corrected chi connectivity index (χ0v) is 19.1. The minimum atomic E-state index is -3.38. The molecular weight excluding hydrogens is 396 g/mol. The van der Waals surface area contributed by atoms with Crippen molar-refractivity contribution in [1.82, 2.24) is 9.62 Å². The number of benzene rings is 2. The van der Waals surface area contributed by atoms with Gasteiger partial charge >= 0.3 is 0 Å². The summed E-state index contributed by atoms with van der Waals surface area (Å²) in [6.07, 6.45) is 1.11. The Labute approximate surface area is 180 Å². The molecule has 1 heterocycles. The quantitative estimate of drug-likeness (QED) is 0.755. The summed E-state index contributed by atoms with van der Waals surface area (Å²) in [4.78, 5) is 12.8. The molecule has 162 valence electrons. The third kappa shape index (κ3) is 5.29. The number of nitrogens with one attached hydrogen (secondary N) is 1. The lowest BCUT2D eigenvalue weighted by Crippen LogP contribution is -2.43. The van der Waals surface area contributed by atoms with E-state index in [1.807, 2.05) is 38.1 Å². The van der Waals surface area contributed by atoms with Gasteiger partial charge in [-0.1, -0.05) is 48.0 Å². The van der Waals surface area contributed by atoms with E-state index in [2.05, 4.69) is 37.4 Å². The molecule has 1 aliphatic rings. The largest absolute Gasteiger partial charge is 0.349 e. The topological polar surface area (TPSA) is 66.5 Å². The lowest BCUT2D eigenvalue weighted by atomic mass is 9.95. The van der Waals surface area contributed by atoms with E-state index in [0.29, 0.717) is 25.9 Å². The lowest BCUT2D eigenvalue weighted by molar-refractivity contribution is -0.126. The molecule has 5 nitrogen and oxygen atoms in total. The molecular formula is C24H32N2O3S. The van der Waals surface area contributed by atoms with E-state index in [9.17, 15) is 13.2 Å². The summed E-state index contributed by atoms with van der Waals surface area (Å²) in [5.74, 6) is -0.123. The van der Waals surface area contributed by atoms with Crippen LogP contribution < -0.4 is 5.32 Å². The Bertz CT molecular complexity index is 1010. The molecule has 2 aromatic rings. The average Bonchev–Trinajstić information content (AvgIpc) is 2.69. The second-order valence-corrected chi connectivity index (χ2v) is 10.4. The monoisotopic (exact) mass is 428 g/mol. The Hall–Kier alpha value is -2.18. The van der Waals surface area contributed by atoms with Crippen molar-refractivity contribution >= 4 is 15.9 Å². The van der Waals surface area contributed by atoms with Gasteiger partial charge in [0.1, 0.15) is 0 Å². The second kappa shape index (κ2) is 9.31. The van der Waals surface area contributed by atoms with Crippen molar-refractivity contribution in [2.24, 2.45) is 5.92 Å². The molecule has 6 heteroatoms.